The Morgan fingerprint density at radius 2 is 1.91 bits per heavy atom. The summed E-state index contributed by atoms with van der Waals surface area (Å²) >= 11 is 0. The number of hydrogen-bond acceptors (Lipinski definition) is 7. The van der Waals surface area contributed by atoms with Crippen molar-refractivity contribution >= 4 is 22.6 Å². The Bertz CT molecular complexity index is 1510. The van der Waals surface area contributed by atoms with Gasteiger partial charge in [0.15, 0.2) is 5.82 Å². The molecule has 0 aliphatic carbocycles. The molecule has 0 atom stereocenters. The summed E-state index contributed by atoms with van der Waals surface area (Å²) < 4.78 is 21.3. The third-order valence-electron chi connectivity index (χ3n) is 5.91. The standard InChI is InChI=1S/C24H21FN6O4/c1-2-35-24(34)21-28-27-20-13-30(9-10-31(20)21)23(33)17-11-14(7-8-18(17)25)12-19-15-5-3-4-6-16(15)22(32)29-26-19/h3-8,11H,2,9-10,12-13H2,1H3,(H,29,32). The predicted octanol–water partition coefficient (Wildman–Crippen LogP) is 2.08. The first-order valence-electron chi connectivity index (χ1n) is 11.1. The van der Waals surface area contributed by atoms with Crippen LogP contribution in [-0.2, 0) is 24.2 Å². The minimum atomic E-state index is -0.641. The average Bonchev–Trinajstić information content (AvgIpc) is 3.30. The molecule has 11 heteroatoms. The summed E-state index contributed by atoms with van der Waals surface area (Å²) in [6.45, 7) is 2.54. The number of H-pyrrole nitrogens is 1. The van der Waals surface area contributed by atoms with E-state index in [1.165, 1.54) is 17.0 Å². The molecule has 0 spiro atoms. The summed E-state index contributed by atoms with van der Waals surface area (Å²) in [6.07, 6.45) is 0.301. The zero-order valence-corrected chi connectivity index (χ0v) is 18.8. The van der Waals surface area contributed by atoms with Crippen LogP contribution in [0.2, 0.25) is 0 Å². The Morgan fingerprint density at radius 1 is 1.11 bits per heavy atom. The van der Waals surface area contributed by atoms with Crippen molar-refractivity contribution < 1.29 is 18.7 Å². The molecule has 0 radical (unpaired) electrons. The van der Waals surface area contributed by atoms with Gasteiger partial charge in [0.1, 0.15) is 5.82 Å². The topological polar surface area (TPSA) is 123 Å². The van der Waals surface area contributed by atoms with Crippen molar-refractivity contribution in [2.75, 3.05) is 13.2 Å². The second-order valence-electron chi connectivity index (χ2n) is 8.07. The van der Waals surface area contributed by atoms with Gasteiger partial charge in [-0.3, -0.25) is 9.59 Å². The molecule has 0 bridgehead atoms. The van der Waals surface area contributed by atoms with Gasteiger partial charge in [0, 0.05) is 24.9 Å². The number of carbonyl (C=O) groups is 2. The van der Waals surface area contributed by atoms with E-state index < -0.39 is 17.7 Å². The summed E-state index contributed by atoms with van der Waals surface area (Å²) in [5.41, 5.74) is 0.921. The molecule has 2 aromatic carbocycles. The smallest absolute Gasteiger partial charge is 0.376 e. The number of nitrogens with one attached hydrogen (secondary N) is 1. The lowest BCUT2D eigenvalue weighted by Crippen LogP contribution is -2.39. The fourth-order valence-electron chi connectivity index (χ4n) is 4.19. The summed E-state index contributed by atoms with van der Waals surface area (Å²) in [4.78, 5) is 38.8. The maximum Gasteiger partial charge on any atom is 0.376 e. The molecule has 1 aliphatic rings. The zero-order chi connectivity index (χ0) is 24.5. The summed E-state index contributed by atoms with van der Waals surface area (Å²) in [6, 6.07) is 11.4. The van der Waals surface area contributed by atoms with Gasteiger partial charge in [0.25, 0.3) is 11.5 Å². The van der Waals surface area contributed by atoms with E-state index in [0.717, 1.165) is 0 Å². The maximum atomic E-state index is 14.7. The second kappa shape index (κ2) is 9.09. The molecular formula is C24H21FN6O4. The lowest BCUT2D eigenvalue weighted by atomic mass is 10.0. The molecule has 0 saturated heterocycles. The lowest BCUT2D eigenvalue weighted by molar-refractivity contribution is 0.0502. The molecule has 5 rings (SSSR count). The number of aromatic nitrogens is 5. The number of esters is 1. The molecule has 1 N–H and O–H groups in total. The van der Waals surface area contributed by atoms with E-state index in [1.54, 1.807) is 35.8 Å². The highest BCUT2D eigenvalue weighted by atomic mass is 19.1. The van der Waals surface area contributed by atoms with E-state index >= 15 is 0 Å². The Morgan fingerprint density at radius 3 is 2.71 bits per heavy atom. The van der Waals surface area contributed by atoms with E-state index in [-0.39, 0.29) is 43.2 Å². The Labute approximate surface area is 198 Å². The van der Waals surface area contributed by atoms with Gasteiger partial charge in [-0.05, 0) is 30.7 Å². The van der Waals surface area contributed by atoms with E-state index in [4.69, 9.17) is 4.74 Å². The fourth-order valence-corrected chi connectivity index (χ4v) is 4.19. The van der Waals surface area contributed by atoms with Crippen LogP contribution in [0.4, 0.5) is 4.39 Å². The summed E-state index contributed by atoms with van der Waals surface area (Å²) in [7, 11) is 0. The number of fused-ring (bicyclic) bond motifs is 2. The van der Waals surface area contributed by atoms with Crippen LogP contribution in [0.3, 0.4) is 0 Å². The van der Waals surface area contributed by atoms with Crippen LogP contribution < -0.4 is 5.56 Å². The van der Waals surface area contributed by atoms with E-state index in [0.29, 0.717) is 34.3 Å². The number of halogens is 1. The van der Waals surface area contributed by atoms with Crippen LogP contribution in [0.15, 0.2) is 47.3 Å². The number of nitrogens with zero attached hydrogens (tertiary/aromatic N) is 5. The minimum absolute atomic E-state index is 0.0742. The number of ether oxygens (including phenoxy) is 1. The third kappa shape index (κ3) is 4.16. The zero-order valence-electron chi connectivity index (χ0n) is 18.8. The number of hydrogen-bond donors (Lipinski definition) is 1. The van der Waals surface area contributed by atoms with Gasteiger partial charge in [-0.25, -0.2) is 14.3 Å². The lowest BCUT2D eigenvalue weighted by Gasteiger charge is -2.28. The van der Waals surface area contributed by atoms with E-state index in [2.05, 4.69) is 20.4 Å². The first kappa shape index (κ1) is 22.4. The van der Waals surface area contributed by atoms with Crippen molar-refractivity contribution in [3.05, 3.63) is 87.1 Å². The molecule has 2 aromatic heterocycles. The average molecular weight is 476 g/mol. The molecule has 0 fully saturated rings. The predicted molar refractivity (Wildman–Crippen MR) is 122 cm³/mol. The molecule has 0 saturated carbocycles. The highest BCUT2D eigenvalue weighted by molar-refractivity contribution is 5.95. The highest BCUT2D eigenvalue weighted by Gasteiger charge is 2.29. The first-order valence-corrected chi connectivity index (χ1v) is 11.1. The number of benzene rings is 2. The van der Waals surface area contributed by atoms with E-state index in [9.17, 15) is 18.8 Å². The normalized spacial score (nSPS) is 13.0. The number of carbonyl (C=O) groups excluding carboxylic acids is 2. The summed E-state index contributed by atoms with van der Waals surface area (Å²) in [5.74, 6) is -1.20. The van der Waals surface area contributed by atoms with Crippen LogP contribution in [0.5, 0.6) is 0 Å². The maximum absolute atomic E-state index is 14.7. The van der Waals surface area contributed by atoms with E-state index in [1.807, 2.05) is 6.07 Å². The van der Waals surface area contributed by atoms with Crippen molar-refractivity contribution in [1.82, 2.24) is 29.9 Å². The molecule has 1 amide bonds. The SMILES string of the molecule is CCOC(=O)c1nnc2n1CCN(C(=O)c1cc(Cc3n[nH]c(=O)c4ccccc34)ccc1F)C2. The van der Waals surface area contributed by atoms with Gasteiger partial charge in [0.05, 0.1) is 29.8 Å². The largest absolute Gasteiger partial charge is 0.460 e. The highest BCUT2D eigenvalue weighted by Crippen LogP contribution is 2.21. The Hall–Kier alpha value is -4.41. The molecular weight excluding hydrogens is 455 g/mol. The Kier molecular flexibility index (Phi) is 5.81. The Balaban J connectivity index is 1.39. The van der Waals surface area contributed by atoms with Crippen LogP contribution in [0.1, 0.15) is 45.0 Å². The molecule has 35 heavy (non-hydrogen) atoms. The molecule has 0 unspecified atom stereocenters. The van der Waals surface area contributed by atoms with Gasteiger partial charge in [0.2, 0.25) is 5.82 Å². The number of rotatable bonds is 5. The van der Waals surface area contributed by atoms with Crippen LogP contribution in [-0.4, -0.2) is 54.9 Å². The fraction of sp³-hybridized carbons (Fsp3) is 0.250. The van der Waals surface area contributed by atoms with Crippen molar-refractivity contribution in [2.45, 2.75) is 26.4 Å². The number of amides is 1. The number of aromatic amines is 1. The minimum Gasteiger partial charge on any atom is -0.460 e. The third-order valence-corrected chi connectivity index (χ3v) is 5.91. The molecule has 1 aliphatic heterocycles. The van der Waals surface area contributed by atoms with Gasteiger partial charge >= 0.3 is 5.97 Å². The van der Waals surface area contributed by atoms with Crippen LogP contribution >= 0.6 is 0 Å². The van der Waals surface area contributed by atoms with Crippen LogP contribution in [0.25, 0.3) is 10.8 Å². The molecule has 10 nitrogen and oxygen atoms in total. The van der Waals surface area contributed by atoms with Crippen molar-refractivity contribution in [1.29, 1.82) is 0 Å². The summed E-state index contributed by atoms with van der Waals surface area (Å²) in [5, 5.41) is 15.7. The van der Waals surface area contributed by atoms with Crippen molar-refractivity contribution in [3.8, 4) is 0 Å². The molecule has 178 valence electrons. The van der Waals surface area contributed by atoms with Crippen LogP contribution in [0, 0.1) is 5.82 Å². The van der Waals surface area contributed by atoms with Crippen molar-refractivity contribution in [3.63, 3.8) is 0 Å². The second-order valence-corrected chi connectivity index (χ2v) is 8.07. The van der Waals surface area contributed by atoms with Gasteiger partial charge in [-0.1, -0.05) is 24.3 Å². The van der Waals surface area contributed by atoms with Crippen molar-refractivity contribution in [2.24, 2.45) is 0 Å². The molecule has 3 heterocycles. The molecule has 4 aromatic rings. The van der Waals surface area contributed by atoms with Gasteiger partial charge in [-0.15, -0.1) is 10.2 Å². The quantitative estimate of drug-likeness (QED) is 0.438. The van der Waals surface area contributed by atoms with Gasteiger partial charge in [-0.2, -0.15) is 5.10 Å². The monoisotopic (exact) mass is 476 g/mol. The van der Waals surface area contributed by atoms with Gasteiger partial charge < -0.3 is 14.2 Å². The first-order chi connectivity index (χ1) is 17.0.